The Hall–Kier alpha value is -5.98. The first-order valence-corrected chi connectivity index (χ1v) is 15.4. The van der Waals surface area contributed by atoms with Crippen molar-refractivity contribution in [1.29, 1.82) is 0 Å². The van der Waals surface area contributed by atoms with E-state index in [0.29, 0.717) is 44.2 Å². The van der Waals surface area contributed by atoms with E-state index in [1.807, 2.05) is 140 Å². The summed E-state index contributed by atoms with van der Waals surface area (Å²) in [6.07, 6.45) is 0. The van der Waals surface area contributed by atoms with E-state index in [1.165, 1.54) is 0 Å². The Labute approximate surface area is 278 Å². The van der Waals surface area contributed by atoms with E-state index < -0.39 is 0 Å². The van der Waals surface area contributed by atoms with Gasteiger partial charge in [0, 0.05) is 0 Å². The van der Waals surface area contributed by atoms with E-state index in [4.69, 9.17) is 2.74 Å². The minimum atomic E-state index is -0.384. The molecule has 0 aromatic heterocycles. The van der Waals surface area contributed by atoms with Crippen molar-refractivity contribution in [1.82, 2.24) is 0 Å². The van der Waals surface area contributed by atoms with Gasteiger partial charge in [-0.3, -0.25) is 0 Å². The lowest BCUT2D eigenvalue weighted by molar-refractivity contribution is 1.61. The molecule has 0 unspecified atom stereocenters. The summed E-state index contributed by atoms with van der Waals surface area (Å²) >= 11 is 0. The number of hydrogen-bond donors (Lipinski definition) is 0. The Morgan fingerprint density at radius 1 is 0.326 bits per heavy atom. The molecule has 0 spiro atoms. The van der Waals surface area contributed by atoms with Gasteiger partial charge in [0.2, 0.25) is 0 Å². The highest BCUT2D eigenvalue weighted by Crippen LogP contribution is 2.46. The molecule has 9 aromatic rings. The molecule has 0 saturated heterocycles. The average molecular weight is 590 g/mol. The van der Waals surface area contributed by atoms with Gasteiger partial charge in [0.25, 0.3) is 0 Å². The van der Waals surface area contributed by atoms with Crippen molar-refractivity contribution < 1.29 is 9.60 Å². The summed E-state index contributed by atoms with van der Waals surface area (Å²) in [5, 5.41) is 4.90. The zero-order chi connectivity index (χ0) is 36.5. The molecule has 214 valence electrons. The first-order chi connectivity index (χ1) is 25.7. The smallest absolute Gasteiger partial charge is 0.0622 e. The maximum absolute atomic E-state index is 10.0. The molecule has 0 atom stereocenters. The summed E-state index contributed by atoms with van der Waals surface area (Å²) in [5.74, 6) is 0. The standard InChI is InChI=1S/C46H30/c1-2-11-31(12-3-1)33-21-24-35(25-22-33)45-41-18-8-9-19-42(41)46(38-26-23-32-13-4-5-15-36(32)29-38)43-28-27-37(30-44(43)45)40-20-10-16-34-14-6-7-17-39(34)40/h1-30H/i8D,9D,18D,19D,27D,28D,30D. The van der Waals surface area contributed by atoms with Gasteiger partial charge in [-0.05, 0) is 99.7 Å². The molecule has 9 rings (SSSR count). The van der Waals surface area contributed by atoms with Crippen LogP contribution in [0.3, 0.4) is 0 Å². The maximum atomic E-state index is 10.0. The Bertz CT molecular complexity index is 2950. The van der Waals surface area contributed by atoms with Gasteiger partial charge in [0.15, 0.2) is 0 Å². The fraction of sp³-hybridized carbons (Fsp3) is 0. The molecule has 46 heavy (non-hydrogen) atoms. The Kier molecular flexibility index (Phi) is 4.76. The number of fused-ring (bicyclic) bond motifs is 4. The highest BCUT2D eigenvalue weighted by Gasteiger charge is 2.18. The second-order valence-corrected chi connectivity index (χ2v) is 11.5. The summed E-state index contributed by atoms with van der Waals surface area (Å²) in [6.45, 7) is 0. The monoisotopic (exact) mass is 589 g/mol. The number of rotatable bonds is 4. The summed E-state index contributed by atoms with van der Waals surface area (Å²) in [5.41, 5.74) is 5.07. The average Bonchev–Trinajstić information content (AvgIpc) is 3.20. The van der Waals surface area contributed by atoms with Crippen LogP contribution in [0.5, 0.6) is 0 Å². The lowest BCUT2D eigenvalue weighted by atomic mass is 9.84. The second-order valence-electron chi connectivity index (χ2n) is 11.5. The predicted octanol–water partition coefficient (Wildman–Crippen LogP) is 13.0. The van der Waals surface area contributed by atoms with Crippen molar-refractivity contribution in [2.45, 2.75) is 0 Å². The third-order valence-electron chi connectivity index (χ3n) is 8.88. The summed E-state index contributed by atoms with van der Waals surface area (Å²) in [7, 11) is 0. The second kappa shape index (κ2) is 10.9. The first kappa shape index (κ1) is 20.1. The van der Waals surface area contributed by atoms with Crippen LogP contribution in [0.2, 0.25) is 0 Å². The molecular formula is C46H30. The van der Waals surface area contributed by atoms with E-state index in [-0.39, 0.29) is 53.1 Å². The van der Waals surface area contributed by atoms with E-state index in [9.17, 15) is 6.85 Å². The number of benzene rings is 9. The topological polar surface area (TPSA) is 0 Å². The van der Waals surface area contributed by atoms with Gasteiger partial charge in [-0.25, -0.2) is 0 Å². The molecular weight excluding hydrogens is 553 g/mol. The van der Waals surface area contributed by atoms with Crippen LogP contribution in [0.4, 0.5) is 0 Å². The van der Waals surface area contributed by atoms with Gasteiger partial charge < -0.3 is 0 Å². The molecule has 0 saturated carbocycles. The maximum Gasteiger partial charge on any atom is 0.0636 e. The zero-order valence-electron chi connectivity index (χ0n) is 31.8. The molecule has 0 aliphatic rings. The first-order valence-electron chi connectivity index (χ1n) is 18.9. The molecule has 0 aliphatic carbocycles. The van der Waals surface area contributed by atoms with Crippen LogP contribution < -0.4 is 0 Å². The molecule has 0 amide bonds. The lowest BCUT2D eigenvalue weighted by Gasteiger charge is -2.19. The molecule has 0 aliphatic heterocycles. The van der Waals surface area contributed by atoms with E-state index in [1.54, 1.807) is 0 Å². The van der Waals surface area contributed by atoms with Gasteiger partial charge in [-0.15, -0.1) is 0 Å². The van der Waals surface area contributed by atoms with Crippen molar-refractivity contribution in [3.8, 4) is 44.5 Å². The third kappa shape index (κ3) is 4.38. The Morgan fingerprint density at radius 2 is 0.913 bits per heavy atom. The van der Waals surface area contributed by atoms with Crippen LogP contribution in [0.25, 0.3) is 87.6 Å². The van der Waals surface area contributed by atoms with Crippen molar-refractivity contribution in [3.63, 3.8) is 0 Å². The van der Waals surface area contributed by atoms with Gasteiger partial charge in [-0.2, -0.15) is 0 Å². The fourth-order valence-corrected chi connectivity index (χ4v) is 6.68. The summed E-state index contributed by atoms with van der Waals surface area (Å²) in [4.78, 5) is 0. The van der Waals surface area contributed by atoms with Gasteiger partial charge >= 0.3 is 0 Å². The zero-order valence-corrected chi connectivity index (χ0v) is 24.8. The van der Waals surface area contributed by atoms with Crippen molar-refractivity contribution >= 4 is 43.1 Å². The Balaban J connectivity index is 1.52. The summed E-state index contributed by atoms with van der Waals surface area (Å²) < 4.78 is 65.8. The molecule has 9 aromatic carbocycles. The van der Waals surface area contributed by atoms with Gasteiger partial charge in [0.1, 0.15) is 0 Å². The van der Waals surface area contributed by atoms with E-state index >= 15 is 0 Å². The van der Waals surface area contributed by atoms with Gasteiger partial charge in [0.05, 0.1) is 9.60 Å². The minimum Gasteiger partial charge on any atom is -0.0622 e. The normalized spacial score (nSPS) is 13.6. The molecule has 0 bridgehead atoms. The van der Waals surface area contributed by atoms with Crippen molar-refractivity contribution in [2.75, 3.05) is 0 Å². The van der Waals surface area contributed by atoms with Crippen LogP contribution >= 0.6 is 0 Å². The quantitative estimate of drug-likeness (QED) is 0.179. The van der Waals surface area contributed by atoms with Crippen LogP contribution in [-0.2, 0) is 0 Å². The third-order valence-corrected chi connectivity index (χ3v) is 8.88. The van der Waals surface area contributed by atoms with Crippen LogP contribution in [-0.4, -0.2) is 0 Å². The number of hydrogen-bond acceptors (Lipinski definition) is 0. The molecule has 0 heteroatoms. The fourth-order valence-electron chi connectivity index (χ4n) is 6.68. The largest absolute Gasteiger partial charge is 0.0636 e. The van der Waals surface area contributed by atoms with Crippen LogP contribution in [0, 0.1) is 0 Å². The van der Waals surface area contributed by atoms with Gasteiger partial charge in [-0.1, -0.05) is 170 Å². The molecule has 0 N–H and O–H groups in total. The molecule has 0 heterocycles. The highest BCUT2D eigenvalue weighted by molar-refractivity contribution is 6.22. The van der Waals surface area contributed by atoms with Crippen LogP contribution in [0.15, 0.2) is 182 Å². The van der Waals surface area contributed by atoms with Crippen molar-refractivity contribution in [3.05, 3.63) is 182 Å². The molecule has 0 fully saturated rings. The Morgan fingerprint density at radius 3 is 1.72 bits per heavy atom. The predicted molar refractivity (Wildman–Crippen MR) is 198 cm³/mol. The SMILES string of the molecule is [2H]c1c([2H])c([2H])c2c(-c3ccc(-c4ccccc4)cc3)c3c([2H])c(-c4cccc5ccccc45)c([2H])c([2H])c3c(-c3ccc4ccccc4c3)c2c1[2H]. The van der Waals surface area contributed by atoms with Crippen LogP contribution in [0.1, 0.15) is 9.60 Å². The molecule has 0 nitrogen and oxygen atoms in total. The highest BCUT2D eigenvalue weighted by atomic mass is 14.2. The van der Waals surface area contributed by atoms with E-state index in [0.717, 1.165) is 32.7 Å². The van der Waals surface area contributed by atoms with Crippen molar-refractivity contribution in [2.24, 2.45) is 0 Å². The lowest BCUT2D eigenvalue weighted by Crippen LogP contribution is -1.92. The molecule has 0 radical (unpaired) electrons. The minimum absolute atomic E-state index is 0.0239. The summed E-state index contributed by atoms with van der Waals surface area (Å²) in [6, 6.07) is 43.6. The van der Waals surface area contributed by atoms with E-state index in [2.05, 4.69) is 0 Å².